The van der Waals surface area contributed by atoms with Gasteiger partial charge in [0.2, 0.25) is 0 Å². The van der Waals surface area contributed by atoms with Gasteiger partial charge in [-0.05, 0) is 66.3 Å². The van der Waals surface area contributed by atoms with E-state index in [1.165, 1.54) is 7.11 Å². The summed E-state index contributed by atoms with van der Waals surface area (Å²) in [6.07, 6.45) is 4.29. The summed E-state index contributed by atoms with van der Waals surface area (Å²) in [4.78, 5) is 12.4. The summed E-state index contributed by atoms with van der Waals surface area (Å²) in [5.41, 5.74) is 3.88. The molecule has 0 heterocycles. The van der Waals surface area contributed by atoms with Crippen molar-refractivity contribution in [1.82, 2.24) is 0 Å². The lowest BCUT2D eigenvalue weighted by atomic mass is 10.0. The first-order valence-electron chi connectivity index (χ1n) is 9.87. The first-order chi connectivity index (χ1) is 14.6. The van der Waals surface area contributed by atoms with E-state index in [9.17, 15) is 9.00 Å². The summed E-state index contributed by atoms with van der Waals surface area (Å²) in [7, 11) is 0.344. The molecule has 5 heteroatoms. The lowest BCUT2D eigenvalue weighted by Gasteiger charge is -2.13. The largest absolute Gasteiger partial charge is 0.489 e. The van der Waals surface area contributed by atoms with Gasteiger partial charge >= 0.3 is 5.97 Å². The highest BCUT2D eigenvalue weighted by molar-refractivity contribution is 7.84. The number of esters is 1. The van der Waals surface area contributed by atoms with Crippen molar-refractivity contribution in [2.24, 2.45) is 0 Å². The van der Waals surface area contributed by atoms with Crippen LogP contribution in [0.4, 0.5) is 0 Å². The second-order valence-corrected chi connectivity index (χ2v) is 8.42. The van der Waals surface area contributed by atoms with Crippen molar-refractivity contribution < 1.29 is 18.5 Å². The van der Waals surface area contributed by atoms with Crippen molar-refractivity contribution in [3.8, 4) is 5.75 Å². The molecule has 3 aromatic rings. The smallest absolute Gasteiger partial charge is 0.337 e. The Hall–Kier alpha value is -2.92. The number of benzene rings is 3. The number of hydrogen-bond acceptors (Lipinski definition) is 4. The molecule has 1 unspecified atom stereocenters. The zero-order valence-electron chi connectivity index (χ0n) is 17.3. The molecule has 0 aliphatic rings. The Bertz CT molecular complexity index is 997. The molecular weight excluding hydrogens is 396 g/mol. The average molecular weight is 423 g/mol. The van der Waals surface area contributed by atoms with Gasteiger partial charge in [-0.2, -0.15) is 0 Å². The minimum atomic E-state index is -1.04. The van der Waals surface area contributed by atoms with Gasteiger partial charge in [-0.15, -0.1) is 0 Å². The number of hydrogen-bond donors (Lipinski definition) is 0. The predicted octanol–water partition coefficient (Wildman–Crippen LogP) is 4.96. The monoisotopic (exact) mass is 422 g/mol. The highest BCUT2D eigenvalue weighted by Crippen LogP contribution is 2.25. The third-order valence-corrected chi connectivity index (χ3v) is 5.81. The van der Waals surface area contributed by atoms with Crippen LogP contribution in [0.3, 0.4) is 0 Å². The Kier molecular flexibility index (Phi) is 7.80. The molecule has 156 valence electrons. The number of methoxy groups -OCH3 is 1. The van der Waals surface area contributed by atoms with E-state index >= 15 is 0 Å². The van der Waals surface area contributed by atoms with Crippen molar-refractivity contribution in [2.45, 2.75) is 30.8 Å². The maximum atomic E-state index is 11.9. The molecule has 0 spiro atoms. The molecule has 0 N–H and O–H groups in total. The number of ether oxygens (including phenoxy) is 2. The fourth-order valence-corrected chi connectivity index (χ4v) is 3.78. The Morgan fingerprint density at radius 2 is 1.63 bits per heavy atom. The van der Waals surface area contributed by atoms with Gasteiger partial charge in [0.15, 0.2) is 0 Å². The minimum Gasteiger partial charge on any atom is -0.489 e. The van der Waals surface area contributed by atoms with Crippen LogP contribution in [-0.2, 0) is 35.0 Å². The standard InChI is InChI=1S/C25H26O4S/c1-28-25(26)21-13-11-19(12-14-21)9-6-10-22-17-23(30(2)27)15-16-24(22)29-18-20-7-4-3-5-8-20/h3-5,7-8,11-17H,6,9-10,18H2,1-2H3. The van der Waals surface area contributed by atoms with Crippen LogP contribution < -0.4 is 4.74 Å². The molecule has 0 bridgehead atoms. The van der Waals surface area contributed by atoms with Gasteiger partial charge in [0.05, 0.1) is 12.7 Å². The van der Waals surface area contributed by atoms with Crippen molar-refractivity contribution >= 4 is 16.8 Å². The van der Waals surface area contributed by atoms with Crippen LogP contribution in [0, 0.1) is 0 Å². The molecule has 0 fully saturated rings. The van der Waals surface area contributed by atoms with E-state index in [1.807, 2.05) is 60.7 Å². The summed E-state index contributed by atoms with van der Waals surface area (Å²) in [6, 6.07) is 23.3. The zero-order chi connectivity index (χ0) is 21.3. The van der Waals surface area contributed by atoms with Gasteiger partial charge in [0.25, 0.3) is 0 Å². The lowest BCUT2D eigenvalue weighted by molar-refractivity contribution is 0.0600. The quantitative estimate of drug-likeness (QED) is 0.457. The molecule has 3 aromatic carbocycles. The molecule has 0 saturated carbocycles. The summed E-state index contributed by atoms with van der Waals surface area (Å²) >= 11 is 0. The van der Waals surface area contributed by atoms with E-state index in [2.05, 4.69) is 0 Å². The minimum absolute atomic E-state index is 0.328. The summed E-state index contributed by atoms with van der Waals surface area (Å²) in [5, 5.41) is 0. The van der Waals surface area contributed by atoms with E-state index in [4.69, 9.17) is 9.47 Å². The molecule has 4 nitrogen and oxygen atoms in total. The lowest BCUT2D eigenvalue weighted by Crippen LogP contribution is -2.02. The molecule has 0 radical (unpaired) electrons. The van der Waals surface area contributed by atoms with Crippen molar-refractivity contribution in [2.75, 3.05) is 13.4 Å². The van der Waals surface area contributed by atoms with Gasteiger partial charge in [0.1, 0.15) is 12.4 Å². The zero-order valence-corrected chi connectivity index (χ0v) is 18.1. The van der Waals surface area contributed by atoms with Gasteiger partial charge in [-0.25, -0.2) is 4.79 Å². The van der Waals surface area contributed by atoms with Crippen molar-refractivity contribution in [3.63, 3.8) is 0 Å². The molecule has 0 amide bonds. The van der Waals surface area contributed by atoms with Crippen LogP contribution in [0.2, 0.25) is 0 Å². The van der Waals surface area contributed by atoms with Crippen LogP contribution in [0.25, 0.3) is 0 Å². The summed E-state index contributed by atoms with van der Waals surface area (Å²) < 4.78 is 22.7. The number of carbonyl (C=O) groups is 1. The third kappa shape index (κ3) is 6.04. The maximum Gasteiger partial charge on any atom is 0.337 e. The number of aryl methyl sites for hydroxylation is 2. The van der Waals surface area contributed by atoms with E-state index in [1.54, 1.807) is 18.4 Å². The van der Waals surface area contributed by atoms with E-state index in [0.29, 0.717) is 12.2 Å². The highest BCUT2D eigenvalue weighted by Gasteiger charge is 2.09. The SMILES string of the molecule is COC(=O)c1ccc(CCCc2cc(S(C)=O)ccc2OCc2ccccc2)cc1. The second kappa shape index (κ2) is 10.7. The van der Waals surface area contributed by atoms with Crippen LogP contribution in [0.1, 0.15) is 33.5 Å². The molecule has 0 aromatic heterocycles. The Labute approximate surface area is 180 Å². The molecule has 1 atom stereocenters. The second-order valence-electron chi connectivity index (χ2n) is 7.04. The summed E-state index contributed by atoms with van der Waals surface area (Å²) in [5.74, 6) is 0.500. The molecule has 0 aliphatic heterocycles. The molecule has 3 rings (SSSR count). The van der Waals surface area contributed by atoms with Gasteiger partial charge in [0, 0.05) is 22.0 Å². The molecular formula is C25H26O4S. The number of rotatable bonds is 9. The first kappa shape index (κ1) is 21.8. The van der Waals surface area contributed by atoms with Crippen molar-refractivity contribution in [3.05, 3.63) is 95.1 Å². The fourth-order valence-electron chi connectivity index (χ4n) is 3.21. The van der Waals surface area contributed by atoms with Crippen LogP contribution >= 0.6 is 0 Å². The fraction of sp³-hybridized carbons (Fsp3) is 0.240. The Morgan fingerprint density at radius 3 is 2.30 bits per heavy atom. The average Bonchev–Trinajstić information content (AvgIpc) is 2.78. The van der Waals surface area contributed by atoms with E-state index in [0.717, 1.165) is 46.6 Å². The normalized spacial score (nSPS) is 11.7. The van der Waals surface area contributed by atoms with Crippen molar-refractivity contribution in [1.29, 1.82) is 0 Å². The number of carbonyl (C=O) groups excluding carboxylic acids is 1. The highest BCUT2D eigenvalue weighted by atomic mass is 32.2. The topological polar surface area (TPSA) is 52.6 Å². The van der Waals surface area contributed by atoms with Crippen LogP contribution in [-0.4, -0.2) is 23.5 Å². The maximum absolute atomic E-state index is 11.9. The van der Waals surface area contributed by atoms with E-state index < -0.39 is 10.8 Å². The van der Waals surface area contributed by atoms with Crippen LogP contribution in [0.15, 0.2) is 77.7 Å². The van der Waals surface area contributed by atoms with E-state index in [-0.39, 0.29) is 5.97 Å². The Balaban J connectivity index is 1.66. The van der Waals surface area contributed by atoms with Gasteiger partial charge in [-0.1, -0.05) is 42.5 Å². The van der Waals surface area contributed by atoms with Crippen LogP contribution in [0.5, 0.6) is 5.75 Å². The molecule has 0 saturated heterocycles. The first-order valence-corrected chi connectivity index (χ1v) is 11.4. The van der Waals surface area contributed by atoms with Gasteiger partial charge < -0.3 is 9.47 Å². The molecule has 0 aliphatic carbocycles. The van der Waals surface area contributed by atoms with Gasteiger partial charge in [-0.3, -0.25) is 4.21 Å². The third-order valence-electron chi connectivity index (χ3n) is 4.89. The Morgan fingerprint density at radius 1 is 0.900 bits per heavy atom. The molecule has 30 heavy (non-hydrogen) atoms. The summed E-state index contributed by atoms with van der Waals surface area (Å²) in [6.45, 7) is 0.497. The predicted molar refractivity (Wildman–Crippen MR) is 119 cm³/mol.